The van der Waals surface area contributed by atoms with Gasteiger partial charge in [0, 0.05) is 19.6 Å². The first-order valence-electron chi connectivity index (χ1n) is 7.10. The highest BCUT2D eigenvalue weighted by atomic mass is 127. The molecule has 0 unspecified atom stereocenters. The van der Waals surface area contributed by atoms with Gasteiger partial charge in [0.05, 0.1) is 14.2 Å². The van der Waals surface area contributed by atoms with E-state index in [1.165, 1.54) is 0 Å². The zero-order valence-corrected chi connectivity index (χ0v) is 15.6. The van der Waals surface area contributed by atoms with Crippen LogP contribution in [0.3, 0.4) is 0 Å². The summed E-state index contributed by atoms with van der Waals surface area (Å²) in [6, 6.07) is 6.34. The maximum atomic E-state index is 5.31. The zero-order chi connectivity index (χ0) is 15.1. The minimum Gasteiger partial charge on any atom is -0.493 e. The van der Waals surface area contributed by atoms with Crippen LogP contribution in [0.5, 0.6) is 11.5 Å². The second kappa shape index (κ2) is 9.55. The maximum absolute atomic E-state index is 5.31. The molecule has 0 bridgehead atoms. The molecule has 22 heavy (non-hydrogen) atoms. The molecule has 1 aliphatic carbocycles. The van der Waals surface area contributed by atoms with Crippen LogP contribution in [0.4, 0.5) is 0 Å². The predicted molar refractivity (Wildman–Crippen MR) is 100 cm³/mol. The molecule has 2 N–H and O–H groups in total. The standard InChI is InChI=1S/C16H23N3O2.HI/c1-17-16(19-13-6-4-5-7-13)18-11-12-8-9-14(20-2)15(10-12)21-3;/h4-5,8-10,13H,6-7,11H2,1-3H3,(H2,17,18,19);1H. The first-order valence-corrected chi connectivity index (χ1v) is 7.10. The topological polar surface area (TPSA) is 54.9 Å². The van der Waals surface area contributed by atoms with Gasteiger partial charge in [-0.15, -0.1) is 24.0 Å². The van der Waals surface area contributed by atoms with Crippen molar-refractivity contribution in [1.82, 2.24) is 10.6 Å². The van der Waals surface area contributed by atoms with Crippen LogP contribution in [0.15, 0.2) is 35.3 Å². The van der Waals surface area contributed by atoms with Gasteiger partial charge in [0.15, 0.2) is 17.5 Å². The number of benzene rings is 1. The summed E-state index contributed by atoms with van der Waals surface area (Å²) < 4.78 is 10.5. The fourth-order valence-corrected chi connectivity index (χ4v) is 2.30. The minimum atomic E-state index is 0. The molecule has 0 fully saturated rings. The fraction of sp³-hybridized carbons (Fsp3) is 0.438. The maximum Gasteiger partial charge on any atom is 0.191 e. The van der Waals surface area contributed by atoms with Crippen LogP contribution in [0, 0.1) is 0 Å². The lowest BCUT2D eigenvalue weighted by molar-refractivity contribution is 0.354. The molecule has 0 radical (unpaired) electrons. The van der Waals surface area contributed by atoms with E-state index in [1.807, 2.05) is 18.2 Å². The number of hydrogen-bond donors (Lipinski definition) is 2. The Balaban J connectivity index is 0.00000242. The third-order valence-electron chi connectivity index (χ3n) is 3.48. The molecule has 0 spiro atoms. The average molecular weight is 417 g/mol. The van der Waals surface area contributed by atoms with Crippen molar-refractivity contribution in [2.45, 2.75) is 25.4 Å². The van der Waals surface area contributed by atoms with Crippen molar-refractivity contribution in [1.29, 1.82) is 0 Å². The number of guanidine groups is 1. The second-order valence-electron chi connectivity index (χ2n) is 4.90. The van der Waals surface area contributed by atoms with Crippen molar-refractivity contribution >= 4 is 29.9 Å². The van der Waals surface area contributed by atoms with E-state index in [0.29, 0.717) is 12.6 Å². The van der Waals surface area contributed by atoms with Gasteiger partial charge in [-0.1, -0.05) is 18.2 Å². The number of aliphatic imine (C=N–C) groups is 1. The first-order chi connectivity index (χ1) is 10.3. The van der Waals surface area contributed by atoms with Crippen molar-refractivity contribution in [3.63, 3.8) is 0 Å². The Bertz CT molecular complexity index is 524. The van der Waals surface area contributed by atoms with Crippen molar-refractivity contribution in [3.05, 3.63) is 35.9 Å². The van der Waals surface area contributed by atoms with E-state index in [2.05, 4.69) is 27.8 Å². The number of nitrogens with zero attached hydrogens (tertiary/aromatic N) is 1. The lowest BCUT2D eigenvalue weighted by Crippen LogP contribution is -2.42. The highest BCUT2D eigenvalue weighted by molar-refractivity contribution is 14.0. The monoisotopic (exact) mass is 417 g/mol. The Hall–Kier alpha value is -1.44. The minimum absolute atomic E-state index is 0. The van der Waals surface area contributed by atoms with Crippen molar-refractivity contribution in [2.75, 3.05) is 21.3 Å². The van der Waals surface area contributed by atoms with E-state index >= 15 is 0 Å². The van der Waals surface area contributed by atoms with Gasteiger partial charge < -0.3 is 20.1 Å². The van der Waals surface area contributed by atoms with E-state index < -0.39 is 0 Å². The highest BCUT2D eigenvalue weighted by Crippen LogP contribution is 2.27. The Morgan fingerprint density at radius 3 is 2.45 bits per heavy atom. The van der Waals surface area contributed by atoms with Gasteiger partial charge in [-0.05, 0) is 30.5 Å². The Kier molecular flexibility index (Phi) is 8.08. The largest absolute Gasteiger partial charge is 0.493 e. The molecule has 6 heteroatoms. The Morgan fingerprint density at radius 1 is 1.18 bits per heavy atom. The van der Waals surface area contributed by atoms with Crippen LogP contribution in [-0.2, 0) is 6.54 Å². The van der Waals surface area contributed by atoms with Gasteiger partial charge in [-0.3, -0.25) is 4.99 Å². The van der Waals surface area contributed by atoms with Crippen molar-refractivity contribution in [3.8, 4) is 11.5 Å². The summed E-state index contributed by atoms with van der Waals surface area (Å²) in [6.07, 6.45) is 6.49. The first kappa shape index (κ1) is 18.6. The summed E-state index contributed by atoms with van der Waals surface area (Å²) in [5.41, 5.74) is 1.11. The van der Waals surface area contributed by atoms with E-state index in [0.717, 1.165) is 35.9 Å². The van der Waals surface area contributed by atoms with Gasteiger partial charge in [-0.2, -0.15) is 0 Å². The summed E-state index contributed by atoms with van der Waals surface area (Å²) in [4.78, 5) is 4.25. The van der Waals surface area contributed by atoms with Gasteiger partial charge in [0.2, 0.25) is 0 Å². The normalized spacial score (nSPS) is 14.4. The van der Waals surface area contributed by atoms with Gasteiger partial charge >= 0.3 is 0 Å². The summed E-state index contributed by atoms with van der Waals surface area (Å²) in [5, 5.41) is 6.72. The van der Waals surface area contributed by atoms with Crippen LogP contribution in [0.2, 0.25) is 0 Å². The zero-order valence-electron chi connectivity index (χ0n) is 13.3. The molecular formula is C16H24IN3O2. The van der Waals surface area contributed by atoms with Crippen LogP contribution >= 0.6 is 24.0 Å². The van der Waals surface area contributed by atoms with Gasteiger partial charge in [0.25, 0.3) is 0 Å². The van der Waals surface area contributed by atoms with Gasteiger partial charge in [0.1, 0.15) is 0 Å². The lowest BCUT2D eigenvalue weighted by Gasteiger charge is -2.17. The molecular weight excluding hydrogens is 393 g/mol. The van der Waals surface area contributed by atoms with Crippen LogP contribution in [-0.4, -0.2) is 33.3 Å². The molecule has 1 aromatic carbocycles. The van der Waals surface area contributed by atoms with Crippen molar-refractivity contribution in [2.24, 2.45) is 4.99 Å². The molecule has 2 rings (SSSR count). The van der Waals surface area contributed by atoms with E-state index in [1.54, 1.807) is 21.3 Å². The molecule has 0 aliphatic heterocycles. The summed E-state index contributed by atoms with van der Waals surface area (Å²) in [5.74, 6) is 2.29. The number of nitrogens with one attached hydrogen (secondary N) is 2. The Morgan fingerprint density at radius 2 is 1.86 bits per heavy atom. The number of hydrogen-bond acceptors (Lipinski definition) is 3. The lowest BCUT2D eigenvalue weighted by atomic mass is 10.2. The fourth-order valence-electron chi connectivity index (χ4n) is 2.30. The highest BCUT2D eigenvalue weighted by Gasteiger charge is 2.11. The molecule has 0 saturated carbocycles. The molecule has 0 amide bonds. The summed E-state index contributed by atoms with van der Waals surface area (Å²) in [6.45, 7) is 0.681. The molecule has 0 saturated heterocycles. The summed E-state index contributed by atoms with van der Waals surface area (Å²) >= 11 is 0. The van der Waals surface area contributed by atoms with Crippen LogP contribution < -0.4 is 20.1 Å². The van der Waals surface area contributed by atoms with Crippen LogP contribution in [0.25, 0.3) is 0 Å². The molecule has 1 aromatic rings. The molecule has 1 aliphatic rings. The van der Waals surface area contributed by atoms with Crippen LogP contribution in [0.1, 0.15) is 18.4 Å². The quantitative estimate of drug-likeness (QED) is 0.335. The Labute approximate surface area is 149 Å². The SMILES string of the molecule is CN=C(NCc1ccc(OC)c(OC)c1)NC1CC=CC1.I. The second-order valence-corrected chi connectivity index (χ2v) is 4.90. The number of halogens is 1. The molecule has 5 nitrogen and oxygen atoms in total. The third-order valence-corrected chi connectivity index (χ3v) is 3.48. The summed E-state index contributed by atoms with van der Waals surface area (Å²) in [7, 11) is 5.06. The van der Waals surface area contributed by atoms with E-state index in [4.69, 9.17) is 9.47 Å². The molecule has 0 atom stereocenters. The molecule has 0 aromatic heterocycles. The number of ether oxygens (including phenoxy) is 2. The third kappa shape index (κ3) is 5.08. The van der Waals surface area contributed by atoms with Crippen molar-refractivity contribution < 1.29 is 9.47 Å². The van der Waals surface area contributed by atoms with Gasteiger partial charge in [-0.25, -0.2) is 0 Å². The van der Waals surface area contributed by atoms with E-state index in [-0.39, 0.29) is 24.0 Å². The molecule has 0 heterocycles. The molecule has 122 valence electrons. The number of methoxy groups -OCH3 is 2. The predicted octanol–water partition coefficient (Wildman–Crippen LogP) is 2.71. The smallest absolute Gasteiger partial charge is 0.191 e. The average Bonchev–Trinajstić information content (AvgIpc) is 3.04. The van der Waals surface area contributed by atoms with E-state index in [9.17, 15) is 0 Å². The number of rotatable bonds is 5.